The number of anilines is 1. The van der Waals surface area contributed by atoms with Crippen LogP contribution >= 0.6 is 0 Å². The Morgan fingerprint density at radius 3 is 2.43 bits per heavy atom. The Morgan fingerprint density at radius 1 is 1.14 bits per heavy atom. The minimum absolute atomic E-state index is 0.0186. The molecule has 1 aliphatic heterocycles. The molecule has 1 fully saturated rings. The number of amidine groups is 2. The lowest BCUT2D eigenvalue weighted by atomic mass is 10.0. The third-order valence-corrected chi connectivity index (χ3v) is 8.37. The van der Waals surface area contributed by atoms with Crippen LogP contribution in [0.4, 0.5) is 5.69 Å². The van der Waals surface area contributed by atoms with Gasteiger partial charge in [0.1, 0.15) is 17.7 Å². The number of nitrogens with zero attached hydrogens (tertiary/aromatic N) is 2. The van der Waals surface area contributed by atoms with Crippen molar-refractivity contribution in [1.82, 2.24) is 4.90 Å². The molecule has 0 saturated carbocycles. The number of ether oxygens (including phenoxy) is 2. The fourth-order valence-corrected chi connectivity index (χ4v) is 5.89. The van der Waals surface area contributed by atoms with E-state index >= 15 is 0 Å². The maximum Gasteiger partial charge on any atom is 0.323 e. The predicted molar refractivity (Wildman–Crippen MR) is 163 cm³/mol. The lowest BCUT2D eigenvalue weighted by molar-refractivity contribution is -0.139. The predicted octanol–water partition coefficient (Wildman–Crippen LogP) is 2.63. The average Bonchev–Trinajstić information content (AvgIpc) is 2.92. The molecule has 226 valence electrons. The second-order valence-electron chi connectivity index (χ2n) is 9.93. The van der Waals surface area contributed by atoms with Gasteiger partial charge in [0.15, 0.2) is 5.75 Å². The number of benzene rings is 2. The van der Waals surface area contributed by atoms with Crippen LogP contribution < -0.4 is 20.5 Å². The SMILES string of the molecule is CCOC(=O)CS(=O)(=O)N(CC=Cc1cccc(C(=N)N)c1)c1cc(C)c(OC2CCN(C(C)=N)CC2)c(C(N)=O)c1. The van der Waals surface area contributed by atoms with Crippen molar-refractivity contribution < 1.29 is 27.5 Å². The summed E-state index contributed by atoms with van der Waals surface area (Å²) in [4.78, 5) is 26.7. The summed E-state index contributed by atoms with van der Waals surface area (Å²) < 4.78 is 39.0. The van der Waals surface area contributed by atoms with E-state index in [2.05, 4.69) is 0 Å². The molecule has 1 saturated heterocycles. The van der Waals surface area contributed by atoms with Gasteiger partial charge in [-0.05, 0) is 50.1 Å². The van der Waals surface area contributed by atoms with Gasteiger partial charge in [0.2, 0.25) is 10.0 Å². The van der Waals surface area contributed by atoms with Crippen LogP contribution in [0.2, 0.25) is 0 Å². The van der Waals surface area contributed by atoms with Crippen LogP contribution in [0.1, 0.15) is 53.7 Å². The zero-order chi connectivity index (χ0) is 31.0. The summed E-state index contributed by atoms with van der Waals surface area (Å²) in [6.07, 6.45) is 4.34. The molecule has 6 N–H and O–H groups in total. The average molecular weight is 599 g/mol. The van der Waals surface area contributed by atoms with Crippen LogP contribution in [-0.4, -0.2) is 75.0 Å². The third kappa shape index (κ3) is 8.32. The molecule has 12 nitrogen and oxygen atoms in total. The van der Waals surface area contributed by atoms with Crippen molar-refractivity contribution in [2.75, 3.05) is 36.3 Å². The largest absolute Gasteiger partial charge is 0.489 e. The van der Waals surface area contributed by atoms with Gasteiger partial charge in [-0.2, -0.15) is 0 Å². The number of sulfonamides is 1. The van der Waals surface area contributed by atoms with Crippen molar-refractivity contribution in [2.24, 2.45) is 11.5 Å². The van der Waals surface area contributed by atoms with E-state index in [1.807, 2.05) is 4.90 Å². The highest BCUT2D eigenvalue weighted by Gasteiger charge is 2.29. The number of nitrogens with two attached hydrogens (primary N) is 2. The fourth-order valence-electron chi connectivity index (χ4n) is 4.62. The van der Waals surface area contributed by atoms with Crippen LogP contribution in [0.3, 0.4) is 0 Å². The molecule has 13 heteroatoms. The summed E-state index contributed by atoms with van der Waals surface area (Å²) in [5.41, 5.74) is 13.2. The molecule has 42 heavy (non-hydrogen) atoms. The quantitative estimate of drug-likeness (QED) is 0.163. The monoisotopic (exact) mass is 598 g/mol. The number of esters is 1. The van der Waals surface area contributed by atoms with E-state index < -0.39 is 27.7 Å². The maximum atomic E-state index is 13.5. The van der Waals surface area contributed by atoms with Gasteiger partial charge in [-0.15, -0.1) is 0 Å². The second kappa shape index (κ2) is 14.0. The lowest BCUT2D eigenvalue weighted by Crippen LogP contribution is -2.40. The molecule has 0 bridgehead atoms. The number of nitrogen functional groups attached to an aromatic ring is 1. The topological polar surface area (TPSA) is 193 Å². The van der Waals surface area contributed by atoms with E-state index in [4.69, 9.17) is 31.8 Å². The Morgan fingerprint density at radius 2 is 1.83 bits per heavy atom. The highest BCUT2D eigenvalue weighted by Crippen LogP contribution is 2.33. The molecule has 2 aromatic carbocycles. The molecule has 2 aromatic rings. The van der Waals surface area contributed by atoms with Crippen LogP contribution in [0.15, 0.2) is 42.5 Å². The van der Waals surface area contributed by atoms with Crippen molar-refractivity contribution in [2.45, 2.75) is 39.7 Å². The van der Waals surface area contributed by atoms with Crippen molar-refractivity contribution in [1.29, 1.82) is 10.8 Å². The minimum Gasteiger partial charge on any atom is -0.489 e. The van der Waals surface area contributed by atoms with Gasteiger partial charge in [0.05, 0.1) is 30.2 Å². The minimum atomic E-state index is -4.25. The van der Waals surface area contributed by atoms with E-state index in [0.717, 1.165) is 4.31 Å². The Balaban J connectivity index is 1.97. The highest BCUT2D eigenvalue weighted by molar-refractivity contribution is 7.93. The number of likely N-dealkylation sites (tertiary alicyclic amines) is 1. The summed E-state index contributed by atoms with van der Waals surface area (Å²) in [5.74, 6) is -1.94. The molecule has 0 atom stereocenters. The van der Waals surface area contributed by atoms with Crippen LogP contribution in [0, 0.1) is 17.7 Å². The Bertz CT molecular complexity index is 1480. The van der Waals surface area contributed by atoms with Gasteiger partial charge in [-0.1, -0.05) is 30.4 Å². The number of nitrogens with one attached hydrogen (secondary N) is 2. The molecule has 3 rings (SSSR count). The fraction of sp³-hybridized carbons (Fsp3) is 0.379. The van der Waals surface area contributed by atoms with Gasteiger partial charge in [0.25, 0.3) is 5.91 Å². The van der Waals surface area contributed by atoms with Gasteiger partial charge < -0.3 is 25.8 Å². The van der Waals surface area contributed by atoms with Crippen molar-refractivity contribution in [3.63, 3.8) is 0 Å². The molecular weight excluding hydrogens is 560 g/mol. The van der Waals surface area contributed by atoms with Crippen LogP contribution in [0.5, 0.6) is 5.75 Å². The number of rotatable bonds is 12. The van der Waals surface area contributed by atoms with Gasteiger partial charge in [-0.25, -0.2) is 8.42 Å². The van der Waals surface area contributed by atoms with Crippen molar-refractivity contribution in [3.05, 3.63) is 64.7 Å². The van der Waals surface area contributed by atoms with E-state index in [0.29, 0.717) is 48.5 Å². The number of carbonyl (C=O) groups is 2. The highest BCUT2D eigenvalue weighted by atomic mass is 32.2. The number of carbonyl (C=O) groups excluding carboxylic acids is 2. The molecule has 0 aromatic heterocycles. The first-order valence-corrected chi connectivity index (χ1v) is 15.1. The molecule has 1 aliphatic rings. The molecule has 0 unspecified atom stereocenters. The number of hydrogen-bond donors (Lipinski definition) is 4. The lowest BCUT2D eigenvalue weighted by Gasteiger charge is -2.33. The molecule has 0 spiro atoms. The van der Waals surface area contributed by atoms with Crippen molar-refractivity contribution >= 4 is 45.3 Å². The number of primary amides is 1. The van der Waals surface area contributed by atoms with E-state index in [9.17, 15) is 18.0 Å². The van der Waals surface area contributed by atoms with Crippen molar-refractivity contribution in [3.8, 4) is 5.75 Å². The number of piperidine rings is 1. The molecule has 1 heterocycles. The summed E-state index contributed by atoms with van der Waals surface area (Å²) >= 11 is 0. The van der Waals surface area contributed by atoms with Gasteiger partial charge in [-0.3, -0.25) is 24.7 Å². The summed E-state index contributed by atoms with van der Waals surface area (Å²) in [6, 6.07) is 9.80. The second-order valence-corrected chi connectivity index (χ2v) is 11.8. The Kier molecular flexibility index (Phi) is 10.7. The first-order valence-electron chi connectivity index (χ1n) is 13.5. The third-order valence-electron chi connectivity index (χ3n) is 6.73. The number of amides is 1. The molecule has 1 amide bonds. The van der Waals surface area contributed by atoms with E-state index in [-0.39, 0.29) is 42.1 Å². The zero-order valence-corrected chi connectivity index (χ0v) is 24.9. The van der Waals surface area contributed by atoms with Crippen LogP contribution in [-0.2, 0) is 19.6 Å². The molecular formula is C29H38N6O6S. The first kappa shape index (κ1) is 32.1. The normalized spacial score (nSPS) is 14.0. The first-order chi connectivity index (χ1) is 19.8. The zero-order valence-electron chi connectivity index (χ0n) is 24.1. The van der Waals surface area contributed by atoms with E-state index in [1.165, 1.54) is 6.07 Å². The maximum absolute atomic E-state index is 13.5. The summed E-state index contributed by atoms with van der Waals surface area (Å²) in [6.45, 7) is 6.14. The summed E-state index contributed by atoms with van der Waals surface area (Å²) in [7, 11) is -4.25. The summed E-state index contributed by atoms with van der Waals surface area (Å²) in [5, 5.41) is 15.5. The Labute approximate surface area is 246 Å². The Hall–Kier alpha value is -4.39. The molecule has 0 aliphatic carbocycles. The van der Waals surface area contributed by atoms with Gasteiger partial charge >= 0.3 is 5.97 Å². The van der Waals surface area contributed by atoms with Gasteiger partial charge in [0, 0.05) is 31.5 Å². The standard InChI is InChI=1S/C29H38N6O6S/c1-4-40-26(36)18-42(38,39)35(12-6-8-21-7-5-9-22(16-21)28(31)32)23-15-19(2)27(25(17-23)29(33)37)41-24-10-13-34(14-11-24)20(3)30/h5-9,15-17,24,30H,4,10-14,18H2,1-3H3,(H3,31,32)(H2,33,37). The molecule has 0 radical (unpaired) electrons. The number of aryl methyl sites for hydroxylation is 1. The smallest absolute Gasteiger partial charge is 0.323 e. The number of hydrogen-bond acceptors (Lipinski definition) is 8. The van der Waals surface area contributed by atoms with Crippen LogP contribution in [0.25, 0.3) is 6.08 Å². The van der Waals surface area contributed by atoms with E-state index in [1.54, 1.807) is 63.3 Å².